The van der Waals surface area contributed by atoms with Gasteiger partial charge in [-0.3, -0.25) is 0 Å². The maximum absolute atomic E-state index is 14.3. The highest BCUT2D eigenvalue weighted by molar-refractivity contribution is 5.56. The van der Waals surface area contributed by atoms with E-state index in [-0.39, 0.29) is 11.9 Å². The van der Waals surface area contributed by atoms with Crippen molar-refractivity contribution >= 4 is 5.69 Å². The van der Waals surface area contributed by atoms with Crippen LogP contribution in [0.5, 0.6) is 0 Å². The predicted octanol–water partition coefficient (Wildman–Crippen LogP) is 4.25. The van der Waals surface area contributed by atoms with E-state index in [9.17, 15) is 4.39 Å². The molecule has 2 N–H and O–H groups in total. The molecule has 0 aromatic heterocycles. The molecule has 0 spiro atoms. The molecular formula is C17H27FN2. The highest BCUT2D eigenvalue weighted by atomic mass is 19.1. The fraction of sp³-hybridized carbons (Fsp3) is 0.647. The van der Waals surface area contributed by atoms with Crippen molar-refractivity contribution in [1.82, 2.24) is 0 Å². The van der Waals surface area contributed by atoms with Crippen LogP contribution in [0.3, 0.4) is 0 Å². The molecule has 0 amide bonds. The number of para-hydroxylation sites is 1. The van der Waals surface area contributed by atoms with Crippen LogP contribution in [-0.4, -0.2) is 13.1 Å². The molecule has 1 fully saturated rings. The molecule has 1 saturated carbocycles. The predicted molar refractivity (Wildman–Crippen MR) is 83.4 cm³/mol. The number of hydrogen-bond acceptors (Lipinski definition) is 2. The highest BCUT2D eigenvalue weighted by Gasteiger charge is 2.30. The number of hydrogen-bond donors (Lipinski definition) is 1. The first-order valence-corrected chi connectivity index (χ1v) is 7.58. The van der Waals surface area contributed by atoms with Crippen molar-refractivity contribution < 1.29 is 4.39 Å². The van der Waals surface area contributed by atoms with Crippen molar-refractivity contribution in [2.75, 3.05) is 11.9 Å². The second kappa shape index (κ2) is 5.72. The fourth-order valence-corrected chi connectivity index (χ4v) is 3.23. The highest BCUT2D eigenvalue weighted by Crippen LogP contribution is 2.39. The van der Waals surface area contributed by atoms with Gasteiger partial charge in [-0.25, -0.2) is 4.39 Å². The Labute approximate surface area is 122 Å². The van der Waals surface area contributed by atoms with Crippen LogP contribution >= 0.6 is 0 Å². The summed E-state index contributed by atoms with van der Waals surface area (Å²) < 4.78 is 14.3. The molecule has 0 radical (unpaired) electrons. The van der Waals surface area contributed by atoms with Gasteiger partial charge in [-0.1, -0.05) is 26.0 Å². The minimum atomic E-state index is -0.160. The maximum Gasteiger partial charge on any atom is 0.146 e. The molecule has 1 aromatic rings. The fourth-order valence-electron chi connectivity index (χ4n) is 3.23. The molecule has 2 nitrogen and oxygen atoms in total. The first-order chi connectivity index (χ1) is 9.32. The number of nitrogens with two attached hydrogens (primary N) is 1. The number of nitrogens with zero attached hydrogens (tertiary/aromatic N) is 1. The summed E-state index contributed by atoms with van der Waals surface area (Å²) >= 11 is 0. The van der Waals surface area contributed by atoms with Gasteiger partial charge < -0.3 is 10.6 Å². The lowest BCUT2D eigenvalue weighted by Gasteiger charge is -2.40. The monoisotopic (exact) mass is 278 g/mol. The number of benzene rings is 1. The molecule has 0 unspecified atom stereocenters. The lowest BCUT2D eigenvalue weighted by Crippen LogP contribution is -2.38. The molecule has 3 heteroatoms. The molecule has 0 bridgehead atoms. The van der Waals surface area contributed by atoms with Crippen molar-refractivity contribution in [1.29, 1.82) is 0 Å². The quantitative estimate of drug-likeness (QED) is 0.895. The summed E-state index contributed by atoms with van der Waals surface area (Å²) in [6.07, 6.45) is 4.64. The van der Waals surface area contributed by atoms with E-state index in [1.165, 1.54) is 18.9 Å². The van der Waals surface area contributed by atoms with Crippen LogP contribution in [0.25, 0.3) is 0 Å². The average molecular weight is 278 g/mol. The Morgan fingerprint density at radius 2 is 1.90 bits per heavy atom. The third-order valence-corrected chi connectivity index (χ3v) is 4.72. The maximum atomic E-state index is 14.3. The first-order valence-electron chi connectivity index (χ1n) is 7.58. The number of anilines is 1. The molecule has 0 heterocycles. The smallest absolute Gasteiger partial charge is 0.146 e. The van der Waals surface area contributed by atoms with Gasteiger partial charge >= 0.3 is 0 Å². The summed E-state index contributed by atoms with van der Waals surface area (Å²) in [5.74, 6) is -0.160. The molecule has 2 rings (SSSR count). The summed E-state index contributed by atoms with van der Waals surface area (Å²) in [4.78, 5) is 2.11. The van der Waals surface area contributed by atoms with E-state index in [0.29, 0.717) is 17.1 Å². The Balaban J connectivity index is 2.23. The van der Waals surface area contributed by atoms with Crippen molar-refractivity contribution in [3.8, 4) is 0 Å². The molecule has 1 atom stereocenters. The van der Waals surface area contributed by atoms with E-state index < -0.39 is 0 Å². The van der Waals surface area contributed by atoms with Crippen LogP contribution in [0.4, 0.5) is 10.1 Å². The van der Waals surface area contributed by atoms with E-state index in [4.69, 9.17) is 5.73 Å². The summed E-state index contributed by atoms with van der Waals surface area (Å²) in [6.45, 7) is 6.55. The molecule has 0 aliphatic heterocycles. The molecule has 1 aliphatic rings. The zero-order valence-electron chi connectivity index (χ0n) is 13.1. The van der Waals surface area contributed by atoms with Crippen LogP contribution in [0.1, 0.15) is 58.1 Å². The largest absolute Gasteiger partial charge is 0.369 e. The van der Waals surface area contributed by atoms with Gasteiger partial charge in [0.15, 0.2) is 0 Å². The lowest BCUT2D eigenvalue weighted by atomic mass is 9.75. The topological polar surface area (TPSA) is 29.3 Å². The second-order valence-electron chi connectivity index (χ2n) is 6.97. The number of rotatable bonds is 3. The summed E-state index contributed by atoms with van der Waals surface area (Å²) in [5.41, 5.74) is 8.02. The Morgan fingerprint density at radius 1 is 1.30 bits per heavy atom. The number of halogens is 1. The van der Waals surface area contributed by atoms with Gasteiger partial charge in [-0.05, 0) is 49.7 Å². The molecule has 1 aromatic carbocycles. The minimum Gasteiger partial charge on any atom is -0.369 e. The van der Waals surface area contributed by atoms with Crippen LogP contribution in [0.15, 0.2) is 18.2 Å². The second-order valence-corrected chi connectivity index (χ2v) is 6.97. The SMILES string of the molecule is C[C@@H](N)c1cccc(F)c1N(C)C1CCC(C)(C)CC1. The summed E-state index contributed by atoms with van der Waals surface area (Å²) in [6, 6.07) is 5.48. The van der Waals surface area contributed by atoms with Crippen molar-refractivity contribution in [2.24, 2.45) is 11.1 Å². The molecule has 112 valence electrons. The normalized spacial score (nSPS) is 20.7. The third-order valence-electron chi connectivity index (χ3n) is 4.72. The molecule has 1 aliphatic carbocycles. The van der Waals surface area contributed by atoms with Gasteiger partial charge in [0, 0.05) is 19.1 Å². The van der Waals surface area contributed by atoms with E-state index >= 15 is 0 Å². The summed E-state index contributed by atoms with van der Waals surface area (Å²) in [5, 5.41) is 0. The van der Waals surface area contributed by atoms with Gasteiger partial charge in [0.25, 0.3) is 0 Å². The zero-order valence-corrected chi connectivity index (χ0v) is 13.1. The Kier molecular flexibility index (Phi) is 4.38. The lowest BCUT2D eigenvalue weighted by molar-refractivity contribution is 0.222. The van der Waals surface area contributed by atoms with Crippen LogP contribution in [-0.2, 0) is 0 Å². The van der Waals surface area contributed by atoms with E-state index in [1.807, 2.05) is 20.0 Å². The standard InChI is InChI=1S/C17H27FN2/c1-12(19)14-6-5-7-15(18)16(14)20(4)13-8-10-17(2,3)11-9-13/h5-7,12-13H,8-11,19H2,1-4H3/t12-/m1/s1. The third kappa shape index (κ3) is 3.14. The van der Waals surface area contributed by atoms with Crippen molar-refractivity contribution in [2.45, 2.75) is 58.5 Å². The molecule has 0 saturated heterocycles. The van der Waals surface area contributed by atoms with Gasteiger partial charge in [0.1, 0.15) is 5.82 Å². The van der Waals surface area contributed by atoms with Crippen molar-refractivity contribution in [3.63, 3.8) is 0 Å². The Bertz CT molecular complexity index is 458. The summed E-state index contributed by atoms with van der Waals surface area (Å²) in [7, 11) is 2.01. The van der Waals surface area contributed by atoms with E-state index in [0.717, 1.165) is 18.4 Å². The first kappa shape index (κ1) is 15.3. The molecule has 20 heavy (non-hydrogen) atoms. The Morgan fingerprint density at radius 3 is 2.45 bits per heavy atom. The van der Waals surface area contributed by atoms with Gasteiger partial charge in [0.2, 0.25) is 0 Å². The van der Waals surface area contributed by atoms with E-state index in [1.54, 1.807) is 6.07 Å². The van der Waals surface area contributed by atoms with Gasteiger partial charge in [0.05, 0.1) is 5.69 Å². The van der Waals surface area contributed by atoms with Crippen LogP contribution in [0, 0.1) is 11.2 Å². The van der Waals surface area contributed by atoms with Gasteiger partial charge in [-0.2, -0.15) is 0 Å². The average Bonchev–Trinajstić information content (AvgIpc) is 2.37. The minimum absolute atomic E-state index is 0.150. The van der Waals surface area contributed by atoms with Gasteiger partial charge in [-0.15, -0.1) is 0 Å². The van der Waals surface area contributed by atoms with Crippen LogP contribution < -0.4 is 10.6 Å². The van der Waals surface area contributed by atoms with Crippen LogP contribution in [0.2, 0.25) is 0 Å². The van der Waals surface area contributed by atoms with Crippen molar-refractivity contribution in [3.05, 3.63) is 29.6 Å². The molecular weight excluding hydrogens is 251 g/mol. The Hall–Kier alpha value is -1.09. The van der Waals surface area contributed by atoms with E-state index in [2.05, 4.69) is 18.7 Å². The zero-order chi connectivity index (χ0) is 14.9.